The molecule has 2 rings (SSSR count). The molecule has 0 aliphatic carbocycles. The third-order valence-corrected chi connectivity index (χ3v) is 3.99. The van der Waals surface area contributed by atoms with Crippen LogP contribution in [0.15, 0.2) is 42.5 Å². The van der Waals surface area contributed by atoms with Crippen LogP contribution in [0.4, 0.5) is 0 Å². The topological polar surface area (TPSA) is 109 Å². The number of aliphatic hydroxyl groups excluding tert-OH is 3. The van der Waals surface area contributed by atoms with Gasteiger partial charge in [0, 0.05) is 0 Å². The standard InChI is InChI=1S/C20H24O7/c1-25-16-6-3-7-17(14(16)5-4-10-21)27-19(12-22)20(24)13-8-9-15(23)18(11-13)26-2/h3-9,11,19-24H,10,12H2,1-2H3/b5-4+/t19-,20-/m1/s1. The van der Waals surface area contributed by atoms with Crippen molar-refractivity contribution in [2.75, 3.05) is 27.4 Å². The second-order valence-corrected chi connectivity index (χ2v) is 5.67. The molecule has 0 aromatic heterocycles. The van der Waals surface area contributed by atoms with Crippen molar-refractivity contribution in [3.63, 3.8) is 0 Å². The minimum Gasteiger partial charge on any atom is -0.504 e. The molecule has 0 fully saturated rings. The Labute approximate surface area is 157 Å². The number of benzene rings is 2. The monoisotopic (exact) mass is 376 g/mol. The number of phenolic OH excluding ortho intramolecular Hbond substituents is 1. The highest BCUT2D eigenvalue weighted by Crippen LogP contribution is 2.34. The van der Waals surface area contributed by atoms with E-state index in [2.05, 4.69) is 0 Å². The van der Waals surface area contributed by atoms with Gasteiger partial charge >= 0.3 is 0 Å². The lowest BCUT2D eigenvalue weighted by Crippen LogP contribution is -2.29. The van der Waals surface area contributed by atoms with Gasteiger partial charge in [-0.05, 0) is 35.9 Å². The largest absolute Gasteiger partial charge is 0.504 e. The first kappa shape index (κ1) is 20.6. The van der Waals surface area contributed by atoms with Crippen LogP contribution in [0.2, 0.25) is 0 Å². The van der Waals surface area contributed by atoms with Crippen LogP contribution < -0.4 is 14.2 Å². The molecule has 0 saturated heterocycles. The fraction of sp³-hybridized carbons (Fsp3) is 0.300. The SMILES string of the molecule is COc1cc([C@@H](O)[C@@H](CO)Oc2cccc(OC)c2/C=C/CO)ccc1O. The molecule has 0 spiro atoms. The number of methoxy groups -OCH3 is 2. The molecule has 2 aromatic carbocycles. The van der Waals surface area contributed by atoms with Gasteiger partial charge < -0.3 is 34.6 Å². The number of aliphatic hydroxyl groups is 3. The summed E-state index contributed by atoms with van der Waals surface area (Å²) in [4.78, 5) is 0. The molecule has 0 heterocycles. The molecule has 0 aliphatic heterocycles. The second-order valence-electron chi connectivity index (χ2n) is 5.67. The minimum atomic E-state index is -1.18. The van der Waals surface area contributed by atoms with E-state index in [1.807, 2.05) is 0 Å². The molecule has 146 valence electrons. The van der Waals surface area contributed by atoms with Gasteiger partial charge in [-0.25, -0.2) is 0 Å². The molecule has 0 bridgehead atoms. The molecule has 0 saturated carbocycles. The van der Waals surface area contributed by atoms with E-state index in [0.717, 1.165) is 0 Å². The molecule has 0 aliphatic rings. The third kappa shape index (κ3) is 4.91. The molecule has 0 amide bonds. The second kappa shape index (κ2) is 9.82. The normalized spacial score (nSPS) is 13.4. The number of hydrogen-bond donors (Lipinski definition) is 4. The molecular formula is C20H24O7. The zero-order chi connectivity index (χ0) is 19.8. The Hall–Kier alpha value is -2.74. The molecular weight excluding hydrogens is 352 g/mol. The lowest BCUT2D eigenvalue weighted by atomic mass is 10.0. The van der Waals surface area contributed by atoms with E-state index in [4.69, 9.17) is 19.3 Å². The maximum atomic E-state index is 10.6. The number of ether oxygens (including phenoxy) is 3. The van der Waals surface area contributed by atoms with Crippen molar-refractivity contribution in [1.82, 2.24) is 0 Å². The van der Waals surface area contributed by atoms with Crippen LogP contribution in [0.25, 0.3) is 6.08 Å². The van der Waals surface area contributed by atoms with Crippen LogP contribution >= 0.6 is 0 Å². The summed E-state index contributed by atoms with van der Waals surface area (Å²) in [5.74, 6) is 1.05. The highest BCUT2D eigenvalue weighted by Gasteiger charge is 2.24. The van der Waals surface area contributed by atoms with Crippen molar-refractivity contribution in [2.24, 2.45) is 0 Å². The van der Waals surface area contributed by atoms with Gasteiger partial charge in [0.25, 0.3) is 0 Å². The number of hydrogen-bond acceptors (Lipinski definition) is 7. The first-order valence-corrected chi connectivity index (χ1v) is 8.32. The Morgan fingerprint density at radius 3 is 2.33 bits per heavy atom. The van der Waals surface area contributed by atoms with Crippen molar-refractivity contribution in [2.45, 2.75) is 12.2 Å². The highest BCUT2D eigenvalue weighted by molar-refractivity contribution is 5.64. The van der Waals surface area contributed by atoms with Gasteiger partial charge in [-0.1, -0.05) is 18.2 Å². The number of rotatable bonds is 9. The van der Waals surface area contributed by atoms with Crippen LogP contribution in [0.1, 0.15) is 17.2 Å². The average molecular weight is 376 g/mol. The number of aromatic hydroxyl groups is 1. The predicted octanol–water partition coefficient (Wildman–Crippen LogP) is 1.89. The molecule has 2 atom stereocenters. The minimum absolute atomic E-state index is 0.0564. The van der Waals surface area contributed by atoms with Crippen LogP contribution in [0.5, 0.6) is 23.0 Å². The van der Waals surface area contributed by atoms with Gasteiger partial charge in [0.1, 0.15) is 17.6 Å². The molecule has 2 aromatic rings. The molecule has 0 radical (unpaired) electrons. The zero-order valence-electron chi connectivity index (χ0n) is 15.2. The van der Waals surface area contributed by atoms with Crippen molar-refractivity contribution in [3.8, 4) is 23.0 Å². The maximum absolute atomic E-state index is 10.6. The quantitative estimate of drug-likeness (QED) is 0.529. The zero-order valence-corrected chi connectivity index (χ0v) is 15.2. The van der Waals surface area contributed by atoms with Gasteiger partial charge in [0.05, 0.1) is 33.0 Å². The molecule has 27 heavy (non-hydrogen) atoms. The molecule has 7 heteroatoms. The van der Waals surface area contributed by atoms with E-state index in [0.29, 0.717) is 22.6 Å². The van der Waals surface area contributed by atoms with Crippen LogP contribution in [-0.4, -0.2) is 54.0 Å². The van der Waals surface area contributed by atoms with Crippen LogP contribution in [0.3, 0.4) is 0 Å². The molecule has 7 nitrogen and oxygen atoms in total. The highest BCUT2D eigenvalue weighted by atomic mass is 16.5. The Bertz CT molecular complexity index is 773. The van der Waals surface area contributed by atoms with Crippen LogP contribution in [0, 0.1) is 0 Å². The average Bonchev–Trinajstić information content (AvgIpc) is 2.70. The van der Waals surface area contributed by atoms with E-state index in [9.17, 15) is 15.3 Å². The predicted molar refractivity (Wildman–Crippen MR) is 100 cm³/mol. The fourth-order valence-corrected chi connectivity index (χ4v) is 2.60. The first-order chi connectivity index (χ1) is 13.0. The van der Waals surface area contributed by atoms with E-state index in [1.165, 1.54) is 38.5 Å². The van der Waals surface area contributed by atoms with Crippen molar-refractivity contribution in [1.29, 1.82) is 0 Å². The first-order valence-electron chi connectivity index (χ1n) is 8.32. The summed E-state index contributed by atoms with van der Waals surface area (Å²) >= 11 is 0. The van der Waals surface area contributed by atoms with Gasteiger partial charge in [-0.15, -0.1) is 0 Å². The lowest BCUT2D eigenvalue weighted by Gasteiger charge is -2.24. The smallest absolute Gasteiger partial charge is 0.160 e. The van der Waals surface area contributed by atoms with Crippen molar-refractivity contribution < 1.29 is 34.6 Å². The molecule has 0 unspecified atom stereocenters. The Balaban J connectivity index is 2.32. The summed E-state index contributed by atoms with van der Waals surface area (Å²) in [7, 11) is 2.91. The van der Waals surface area contributed by atoms with Gasteiger partial charge in [0.15, 0.2) is 17.6 Å². The van der Waals surface area contributed by atoms with E-state index in [-0.39, 0.29) is 18.1 Å². The number of phenols is 1. The van der Waals surface area contributed by atoms with Crippen LogP contribution in [-0.2, 0) is 0 Å². The fourth-order valence-electron chi connectivity index (χ4n) is 2.60. The van der Waals surface area contributed by atoms with E-state index in [1.54, 1.807) is 24.3 Å². The summed E-state index contributed by atoms with van der Waals surface area (Å²) in [6.07, 6.45) is 1.01. The van der Waals surface area contributed by atoms with Crippen molar-refractivity contribution >= 4 is 6.08 Å². The summed E-state index contributed by atoms with van der Waals surface area (Å²) in [6.45, 7) is -0.610. The summed E-state index contributed by atoms with van der Waals surface area (Å²) in [6, 6.07) is 9.52. The molecule has 4 N–H and O–H groups in total. The van der Waals surface area contributed by atoms with E-state index < -0.39 is 18.8 Å². The van der Waals surface area contributed by atoms with Gasteiger partial charge in [-0.3, -0.25) is 0 Å². The Morgan fingerprint density at radius 1 is 1.00 bits per heavy atom. The van der Waals surface area contributed by atoms with Crippen molar-refractivity contribution in [3.05, 3.63) is 53.6 Å². The van der Waals surface area contributed by atoms with Gasteiger partial charge in [-0.2, -0.15) is 0 Å². The summed E-state index contributed by atoms with van der Waals surface area (Å²) in [5, 5.41) is 39.1. The third-order valence-electron chi connectivity index (χ3n) is 3.99. The Kier molecular flexibility index (Phi) is 7.48. The van der Waals surface area contributed by atoms with E-state index >= 15 is 0 Å². The lowest BCUT2D eigenvalue weighted by molar-refractivity contribution is 0.000462. The maximum Gasteiger partial charge on any atom is 0.160 e. The summed E-state index contributed by atoms with van der Waals surface area (Å²) in [5.41, 5.74) is 0.988. The van der Waals surface area contributed by atoms with Gasteiger partial charge in [0.2, 0.25) is 0 Å². The Morgan fingerprint density at radius 2 is 1.70 bits per heavy atom. The summed E-state index contributed by atoms with van der Waals surface area (Å²) < 4.78 is 16.2.